The first-order valence-electron chi connectivity index (χ1n) is 9.21. The third-order valence-electron chi connectivity index (χ3n) is 4.70. The van der Waals surface area contributed by atoms with Gasteiger partial charge in [0.1, 0.15) is 6.23 Å². The van der Waals surface area contributed by atoms with Crippen molar-refractivity contribution in [2.75, 3.05) is 0 Å². The van der Waals surface area contributed by atoms with Gasteiger partial charge in [-0.05, 0) is 67.5 Å². The van der Waals surface area contributed by atoms with Gasteiger partial charge >= 0.3 is 0 Å². The van der Waals surface area contributed by atoms with Crippen LogP contribution in [0.4, 0.5) is 0 Å². The molecule has 0 saturated carbocycles. The summed E-state index contributed by atoms with van der Waals surface area (Å²) in [7, 11) is 0. The third-order valence-corrected chi connectivity index (χ3v) is 4.70. The summed E-state index contributed by atoms with van der Waals surface area (Å²) in [5.41, 5.74) is 7.40. The minimum Gasteiger partial charge on any atom is -0.362 e. The van der Waals surface area contributed by atoms with Crippen LogP contribution in [0, 0.1) is 6.92 Å². The van der Waals surface area contributed by atoms with Crippen molar-refractivity contribution in [3.05, 3.63) is 71.5 Å². The molecule has 1 aromatic carbocycles. The first-order valence-corrected chi connectivity index (χ1v) is 9.21. The fourth-order valence-electron chi connectivity index (χ4n) is 3.15. The summed E-state index contributed by atoms with van der Waals surface area (Å²) in [6.07, 6.45) is 10.6. The number of allylic oxidation sites excluding steroid dienone is 5. The van der Waals surface area contributed by atoms with Gasteiger partial charge in [0.25, 0.3) is 0 Å². The number of hydrogen-bond acceptors (Lipinski definition) is 2. The van der Waals surface area contributed by atoms with E-state index in [1.807, 2.05) is 6.08 Å². The Labute approximate surface area is 153 Å². The van der Waals surface area contributed by atoms with E-state index in [9.17, 15) is 0 Å². The number of aryl methyl sites for hydroxylation is 1. The van der Waals surface area contributed by atoms with Crippen molar-refractivity contribution in [2.24, 2.45) is 0 Å². The molecule has 1 aliphatic rings. The van der Waals surface area contributed by atoms with Gasteiger partial charge in [-0.1, -0.05) is 56.4 Å². The molecule has 1 N–H and O–H groups in total. The molecule has 25 heavy (non-hydrogen) atoms. The second-order valence-corrected chi connectivity index (χ2v) is 6.77. The maximum Gasteiger partial charge on any atom is 0.147 e. The smallest absolute Gasteiger partial charge is 0.147 e. The van der Waals surface area contributed by atoms with Crippen molar-refractivity contribution in [1.82, 2.24) is 5.32 Å². The van der Waals surface area contributed by atoms with E-state index >= 15 is 0 Å². The molecule has 1 aliphatic heterocycles. The van der Waals surface area contributed by atoms with Gasteiger partial charge in [0, 0.05) is 6.20 Å². The first kappa shape index (κ1) is 19.3. The molecule has 0 aromatic heterocycles. The highest BCUT2D eigenvalue weighted by Crippen LogP contribution is 2.27. The van der Waals surface area contributed by atoms with Crippen LogP contribution in [-0.4, -0.2) is 12.3 Å². The molecule has 0 aliphatic carbocycles. The number of dihydropyridines is 1. The average Bonchev–Trinajstić information content (AvgIpc) is 2.62. The van der Waals surface area contributed by atoms with E-state index in [0.29, 0.717) is 6.10 Å². The van der Waals surface area contributed by atoms with Crippen LogP contribution in [0.5, 0.6) is 0 Å². The number of hydrogen-bond donors (Lipinski definition) is 1. The molecule has 0 radical (unpaired) electrons. The highest BCUT2D eigenvalue weighted by atomic mass is 16.5. The van der Waals surface area contributed by atoms with Crippen molar-refractivity contribution >= 4 is 11.1 Å². The highest BCUT2D eigenvalue weighted by molar-refractivity contribution is 5.81. The Kier molecular flexibility index (Phi) is 6.83. The summed E-state index contributed by atoms with van der Waals surface area (Å²) in [4.78, 5) is 0. The first-order chi connectivity index (χ1) is 12.0. The SMILES string of the molecule is C=CC(=C(C)C)c1ccc(C2=CNC(OC(CC)CC)C=C2)cc1C. The van der Waals surface area contributed by atoms with Gasteiger partial charge in [0.05, 0.1) is 6.10 Å². The molecule has 134 valence electrons. The zero-order chi connectivity index (χ0) is 18.4. The Bertz CT molecular complexity index is 701. The zero-order valence-electron chi connectivity index (χ0n) is 16.2. The summed E-state index contributed by atoms with van der Waals surface area (Å²) in [6.45, 7) is 14.7. The van der Waals surface area contributed by atoms with Gasteiger partial charge in [-0.2, -0.15) is 0 Å². The van der Waals surface area contributed by atoms with Crippen molar-refractivity contribution < 1.29 is 4.74 Å². The van der Waals surface area contributed by atoms with E-state index in [1.165, 1.54) is 33.4 Å². The van der Waals surface area contributed by atoms with Gasteiger partial charge in [0.15, 0.2) is 0 Å². The van der Waals surface area contributed by atoms with Crippen LogP contribution in [0.3, 0.4) is 0 Å². The van der Waals surface area contributed by atoms with E-state index in [1.54, 1.807) is 0 Å². The molecule has 2 nitrogen and oxygen atoms in total. The van der Waals surface area contributed by atoms with Crippen LogP contribution in [0.15, 0.2) is 54.8 Å². The minimum atomic E-state index is -0.0351. The van der Waals surface area contributed by atoms with Gasteiger partial charge in [0.2, 0.25) is 0 Å². The molecule has 1 aromatic rings. The number of rotatable bonds is 7. The fourth-order valence-corrected chi connectivity index (χ4v) is 3.15. The third kappa shape index (κ3) is 4.73. The fraction of sp³-hybridized carbons (Fsp3) is 0.391. The number of nitrogens with one attached hydrogen (secondary N) is 1. The van der Waals surface area contributed by atoms with Crippen LogP contribution < -0.4 is 5.32 Å². The maximum absolute atomic E-state index is 6.03. The molecule has 0 bridgehead atoms. The molecule has 2 rings (SSSR count). The van der Waals surface area contributed by atoms with E-state index in [2.05, 4.69) is 83.1 Å². The molecule has 0 amide bonds. The van der Waals surface area contributed by atoms with Crippen molar-refractivity contribution in [3.63, 3.8) is 0 Å². The minimum absolute atomic E-state index is 0.0351. The standard InChI is InChI=1S/C23H31NO/c1-7-20(8-2)25-23-13-11-19(15-24-23)18-10-12-22(17(6)14-18)21(9-3)16(4)5/h9-15,20,23-24H,3,7-8H2,1-2,4-6H3. The Hall–Kier alpha value is -2.06. The molecular weight excluding hydrogens is 306 g/mol. The van der Waals surface area contributed by atoms with E-state index in [-0.39, 0.29) is 6.23 Å². The molecule has 0 spiro atoms. The monoisotopic (exact) mass is 337 g/mol. The lowest BCUT2D eigenvalue weighted by molar-refractivity contribution is -0.00109. The van der Waals surface area contributed by atoms with Crippen LogP contribution in [0.25, 0.3) is 11.1 Å². The summed E-state index contributed by atoms with van der Waals surface area (Å²) in [5.74, 6) is 0. The van der Waals surface area contributed by atoms with Crippen LogP contribution in [0.1, 0.15) is 57.2 Å². The van der Waals surface area contributed by atoms with Gasteiger partial charge < -0.3 is 10.1 Å². The Balaban J connectivity index is 2.15. The normalized spacial score (nSPS) is 16.4. The zero-order valence-corrected chi connectivity index (χ0v) is 16.2. The van der Waals surface area contributed by atoms with Crippen LogP contribution >= 0.6 is 0 Å². The predicted octanol–water partition coefficient (Wildman–Crippen LogP) is 6.01. The second kappa shape index (κ2) is 8.87. The summed E-state index contributed by atoms with van der Waals surface area (Å²) < 4.78 is 6.03. The number of benzene rings is 1. The molecule has 1 heterocycles. The van der Waals surface area contributed by atoms with Gasteiger partial charge in [-0.15, -0.1) is 0 Å². The molecule has 0 saturated heterocycles. The Morgan fingerprint density at radius 3 is 2.48 bits per heavy atom. The lowest BCUT2D eigenvalue weighted by atomic mass is 9.93. The van der Waals surface area contributed by atoms with E-state index in [4.69, 9.17) is 4.74 Å². The molecule has 1 atom stereocenters. The average molecular weight is 338 g/mol. The van der Waals surface area contributed by atoms with Crippen LogP contribution in [0.2, 0.25) is 0 Å². The Morgan fingerprint density at radius 2 is 2.00 bits per heavy atom. The van der Waals surface area contributed by atoms with Crippen molar-refractivity contribution in [2.45, 2.75) is 59.8 Å². The largest absolute Gasteiger partial charge is 0.362 e. The summed E-state index contributed by atoms with van der Waals surface area (Å²) in [6, 6.07) is 6.60. The maximum atomic E-state index is 6.03. The topological polar surface area (TPSA) is 21.3 Å². The van der Waals surface area contributed by atoms with Gasteiger partial charge in [-0.3, -0.25) is 0 Å². The van der Waals surface area contributed by atoms with Gasteiger partial charge in [-0.25, -0.2) is 0 Å². The lowest BCUT2D eigenvalue weighted by Crippen LogP contribution is -2.31. The molecule has 2 heteroatoms. The Morgan fingerprint density at radius 1 is 1.28 bits per heavy atom. The predicted molar refractivity (Wildman–Crippen MR) is 109 cm³/mol. The molecular formula is C23H31NO. The van der Waals surface area contributed by atoms with E-state index in [0.717, 1.165) is 12.8 Å². The van der Waals surface area contributed by atoms with Crippen LogP contribution in [-0.2, 0) is 4.74 Å². The summed E-state index contributed by atoms with van der Waals surface area (Å²) in [5, 5.41) is 3.36. The second-order valence-electron chi connectivity index (χ2n) is 6.77. The number of ether oxygens (including phenoxy) is 1. The molecule has 1 unspecified atom stereocenters. The van der Waals surface area contributed by atoms with E-state index < -0.39 is 0 Å². The summed E-state index contributed by atoms with van der Waals surface area (Å²) >= 11 is 0. The quantitative estimate of drug-likeness (QED) is 0.616. The highest BCUT2D eigenvalue weighted by Gasteiger charge is 2.14. The molecule has 0 fully saturated rings. The van der Waals surface area contributed by atoms with Crippen molar-refractivity contribution in [3.8, 4) is 0 Å². The van der Waals surface area contributed by atoms with Crippen molar-refractivity contribution in [1.29, 1.82) is 0 Å². The lowest BCUT2D eigenvalue weighted by Gasteiger charge is -2.24.